The molecule has 0 aromatic carbocycles. The van der Waals surface area contributed by atoms with E-state index in [4.69, 9.17) is 4.74 Å². The molecule has 0 aliphatic rings. The zero-order valence-electron chi connectivity index (χ0n) is 5.95. The van der Waals surface area contributed by atoms with Gasteiger partial charge < -0.3 is 4.74 Å². The lowest BCUT2D eigenvalue weighted by molar-refractivity contribution is 0.0150. The Morgan fingerprint density at radius 1 is 1.56 bits per heavy atom. The van der Waals surface area contributed by atoms with Crippen LogP contribution in [0.1, 0.15) is 20.8 Å². The lowest BCUT2D eigenvalue weighted by atomic mass is 10.4. The van der Waals surface area contributed by atoms with Gasteiger partial charge in [-0.3, -0.25) is 0 Å². The Morgan fingerprint density at radius 2 is 2.00 bits per heavy atom. The Bertz CT molecular complexity index is 81.1. The Labute approximate surface area is 73.4 Å². The maximum atomic E-state index is 5.46. The zero-order chi connectivity index (χ0) is 7.49. The van der Waals surface area contributed by atoms with Crippen molar-refractivity contribution in [1.82, 2.24) is 0 Å². The van der Waals surface area contributed by atoms with E-state index in [1.165, 1.54) is 0 Å². The van der Waals surface area contributed by atoms with Crippen molar-refractivity contribution in [1.29, 1.82) is 0 Å². The van der Waals surface area contributed by atoms with Gasteiger partial charge in [0, 0.05) is 5.33 Å². The average molecular weight is 260 g/mol. The van der Waals surface area contributed by atoms with E-state index < -0.39 is 0 Å². The summed E-state index contributed by atoms with van der Waals surface area (Å²) in [5, 5.41) is 0.804. The largest absolute Gasteiger partial charge is 0.361 e. The number of alkyl halides is 2. The number of rotatable bonds is 3. The summed E-state index contributed by atoms with van der Waals surface area (Å²) in [6.07, 6.45) is 0.270. The first-order valence-electron chi connectivity index (χ1n) is 2.90. The van der Waals surface area contributed by atoms with Crippen molar-refractivity contribution >= 4 is 31.9 Å². The fourth-order valence-electron chi connectivity index (χ4n) is 0.523. The average Bonchev–Trinajstić information content (AvgIpc) is 1.63. The number of ether oxygens (including phenoxy) is 1. The third kappa shape index (κ3) is 5.37. The lowest BCUT2D eigenvalue weighted by Gasteiger charge is -2.22. The first kappa shape index (κ1) is 9.92. The molecule has 56 valence electrons. The second-order valence-electron chi connectivity index (χ2n) is 2.40. The molecule has 0 amide bonds. The van der Waals surface area contributed by atoms with Gasteiger partial charge in [0.15, 0.2) is 0 Å². The van der Waals surface area contributed by atoms with E-state index in [0.29, 0.717) is 0 Å². The molecule has 0 saturated heterocycles. The van der Waals surface area contributed by atoms with Crippen LogP contribution in [0.2, 0.25) is 0 Å². The second-order valence-corrected chi connectivity index (χ2v) is 4.64. The van der Waals surface area contributed by atoms with Gasteiger partial charge in [-0.25, -0.2) is 0 Å². The van der Waals surface area contributed by atoms with Gasteiger partial charge in [-0.1, -0.05) is 31.9 Å². The van der Waals surface area contributed by atoms with Crippen LogP contribution in [0.25, 0.3) is 0 Å². The van der Waals surface area contributed by atoms with E-state index >= 15 is 0 Å². The van der Waals surface area contributed by atoms with Crippen molar-refractivity contribution < 1.29 is 4.74 Å². The van der Waals surface area contributed by atoms with Crippen LogP contribution >= 0.6 is 31.9 Å². The topological polar surface area (TPSA) is 9.23 Å². The molecule has 1 atom stereocenters. The highest BCUT2D eigenvalue weighted by Gasteiger charge is 2.19. The zero-order valence-corrected chi connectivity index (χ0v) is 9.12. The highest BCUT2D eigenvalue weighted by atomic mass is 79.9. The summed E-state index contributed by atoms with van der Waals surface area (Å²) in [6, 6.07) is 0. The van der Waals surface area contributed by atoms with Gasteiger partial charge in [0.1, 0.15) is 4.51 Å². The van der Waals surface area contributed by atoms with Crippen molar-refractivity contribution in [2.45, 2.75) is 31.4 Å². The molecule has 0 spiro atoms. The smallest absolute Gasteiger partial charge is 0.130 e. The molecule has 9 heavy (non-hydrogen) atoms. The van der Waals surface area contributed by atoms with E-state index in [-0.39, 0.29) is 10.6 Å². The molecule has 0 fully saturated rings. The summed E-state index contributed by atoms with van der Waals surface area (Å²) in [4.78, 5) is 0. The minimum Gasteiger partial charge on any atom is -0.361 e. The molecule has 0 rings (SSSR count). The Hall–Kier alpha value is 0.920. The Morgan fingerprint density at radius 3 is 2.11 bits per heavy atom. The summed E-state index contributed by atoms with van der Waals surface area (Å²) in [6.45, 7) is 6.02. The van der Waals surface area contributed by atoms with Gasteiger partial charge in [-0.15, -0.1) is 0 Å². The quantitative estimate of drug-likeness (QED) is 0.709. The normalized spacial score (nSPS) is 18.0. The van der Waals surface area contributed by atoms with E-state index in [0.717, 1.165) is 5.33 Å². The van der Waals surface area contributed by atoms with Crippen LogP contribution in [0, 0.1) is 0 Å². The summed E-state index contributed by atoms with van der Waals surface area (Å²) in [5.41, 5.74) is 0. The van der Waals surface area contributed by atoms with Crippen molar-refractivity contribution in [2.24, 2.45) is 0 Å². The molecule has 0 aliphatic heterocycles. The van der Waals surface area contributed by atoms with E-state index in [1.807, 2.05) is 20.8 Å². The van der Waals surface area contributed by atoms with Gasteiger partial charge in [-0.05, 0) is 20.8 Å². The molecular formula is C6H12Br2O. The lowest BCUT2D eigenvalue weighted by Crippen LogP contribution is -2.25. The molecule has 1 unspecified atom stereocenters. The molecule has 0 saturated carbocycles. The van der Waals surface area contributed by atoms with Crippen LogP contribution in [0.3, 0.4) is 0 Å². The molecule has 0 aromatic heterocycles. The second kappa shape index (κ2) is 3.94. The van der Waals surface area contributed by atoms with Gasteiger partial charge in [0.05, 0.1) is 6.10 Å². The molecule has 3 heteroatoms. The first-order chi connectivity index (χ1) is 3.98. The van der Waals surface area contributed by atoms with Crippen molar-refractivity contribution in [2.75, 3.05) is 5.33 Å². The number of hydrogen-bond acceptors (Lipinski definition) is 1. The highest BCUT2D eigenvalue weighted by Crippen LogP contribution is 2.22. The predicted octanol–water partition coefficient (Wildman–Crippen LogP) is 2.92. The van der Waals surface area contributed by atoms with E-state index in [2.05, 4.69) is 31.9 Å². The summed E-state index contributed by atoms with van der Waals surface area (Å²) < 4.78 is 5.25. The van der Waals surface area contributed by atoms with Crippen LogP contribution in [0.5, 0.6) is 0 Å². The third-order valence-corrected chi connectivity index (χ3v) is 3.01. The van der Waals surface area contributed by atoms with Gasteiger partial charge >= 0.3 is 0 Å². The van der Waals surface area contributed by atoms with Gasteiger partial charge in [0.2, 0.25) is 0 Å². The predicted molar refractivity (Wildman–Crippen MR) is 47.3 cm³/mol. The molecule has 0 aromatic rings. The van der Waals surface area contributed by atoms with Crippen LogP contribution in [0.15, 0.2) is 0 Å². The van der Waals surface area contributed by atoms with Crippen LogP contribution < -0.4 is 0 Å². The van der Waals surface area contributed by atoms with E-state index in [1.54, 1.807) is 0 Å². The maximum absolute atomic E-state index is 5.46. The van der Waals surface area contributed by atoms with Crippen LogP contribution in [0.4, 0.5) is 0 Å². The SMILES string of the molecule is CC(C)OC(C)(Br)CBr. The molecular weight excluding hydrogens is 248 g/mol. The third-order valence-electron chi connectivity index (χ3n) is 0.720. The minimum atomic E-state index is -0.207. The summed E-state index contributed by atoms with van der Waals surface area (Å²) in [5.74, 6) is 0. The van der Waals surface area contributed by atoms with Gasteiger partial charge in [0.25, 0.3) is 0 Å². The molecule has 0 heterocycles. The number of hydrogen-bond donors (Lipinski definition) is 0. The standard InChI is InChI=1S/C6H12Br2O/c1-5(2)9-6(3,8)4-7/h5H,4H2,1-3H3. The molecule has 0 radical (unpaired) electrons. The fraction of sp³-hybridized carbons (Fsp3) is 1.00. The van der Waals surface area contributed by atoms with Gasteiger partial charge in [-0.2, -0.15) is 0 Å². The summed E-state index contributed by atoms with van der Waals surface area (Å²) in [7, 11) is 0. The van der Waals surface area contributed by atoms with Crippen molar-refractivity contribution in [3.05, 3.63) is 0 Å². The highest BCUT2D eigenvalue weighted by molar-refractivity contribution is 9.12. The molecule has 0 bridgehead atoms. The number of halogens is 2. The van der Waals surface area contributed by atoms with Crippen molar-refractivity contribution in [3.63, 3.8) is 0 Å². The minimum absolute atomic E-state index is 0.207. The van der Waals surface area contributed by atoms with Crippen molar-refractivity contribution in [3.8, 4) is 0 Å². The monoisotopic (exact) mass is 258 g/mol. The first-order valence-corrected chi connectivity index (χ1v) is 4.82. The Kier molecular flexibility index (Phi) is 4.34. The maximum Gasteiger partial charge on any atom is 0.130 e. The fourth-order valence-corrected chi connectivity index (χ4v) is 1.03. The van der Waals surface area contributed by atoms with Crippen LogP contribution in [-0.2, 0) is 4.74 Å². The van der Waals surface area contributed by atoms with E-state index in [9.17, 15) is 0 Å². The van der Waals surface area contributed by atoms with Crippen LogP contribution in [-0.4, -0.2) is 15.9 Å². The Balaban J connectivity index is 3.58. The summed E-state index contributed by atoms with van der Waals surface area (Å²) >= 11 is 6.74. The molecule has 0 N–H and O–H groups in total. The molecule has 1 nitrogen and oxygen atoms in total. The molecule has 0 aliphatic carbocycles.